The van der Waals surface area contributed by atoms with Crippen molar-refractivity contribution in [2.24, 2.45) is 0 Å². The van der Waals surface area contributed by atoms with E-state index in [0.29, 0.717) is 6.04 Å². The van der Waals surface area contributed by atoms with Gasteiger partial charge < -0.3 is 4.90 Å². The predicted octanol–water partition coefficient (Wildman–Crippen LogP) is 0.964. The molecule has 1 saturated heterocycles. The Kier molecular flexibility index (Phi) is 1.47. The summed E-state index contributed by atoms with van der Waals surface area (Å²) in [5, 5.41) is 0. The van der Waals surface area contributed by atoms with Gasteiger partial charge in [-0.05, 0) is 32.6 Å². The summed E-state index contributed by atoms with van der Waals surface area (Å²) < 4.78 is 0. The molecule has 0 aromatic rings. The topological polar surface area (TPSA) is 40.6 Å². The van der Waals surface area contributed by atoms with E-state index in [9.17, 15) is 9.59 Å². The Hall–Kier alpha value is -1.06. The van der Waals surface area contributed by atoms with Crippen molar-refractivity contribution in [3.05, 3.63) is 0 Å². The fourth-order valence-electron chi connectivity index (χ4n) is 2.20. The number of rotatable bonds is 2. The van der Waals surface area contributed by atoms with E-state index in [2.05, 4.69) is 0 Å². The van der Waals surface area contributed by atoms with Gasteiger partial charge in [-0.25, -0.2) is 4.79 Å². The average molecular weight is 194 g/mol. The van der Waals surface area contributed by atoms with Crippen molar-refractivity contribution in [1.29, 1.82) is 0 Å². The quantitative estimate of drug-likeness (QED) is 0.614. The van der Waals surface area contributed by atoms with E-state index in [1.165, 1.54) is 4.90 Å². The Morgan fingerprint density at radius 2 is 1.64 bits per heavy atom. The number of carbonyl (C=O) groups is 2. The number of carbonyl (C=O) groups excluding carboxylic acids is 2. The molecule has 1 unspecified atom stereocenters. The maximum absolute atomic E-state index is 11.9. The lowest BCUT2D eigenvalue weighted by Gasteiger charge is -2.18. The predicted molar refractivity (Wildman–Crippen MR) is 49.6 cm³/mol. The van der Waals surface area contributed by atoms with E-state index >= 15 is 0 Å². The molecule has 3 aliphatic rings. The first-order chi connectivity index (χ1) is 6.70. The zero-order chi connectivity index (χ0) is 9.87. The van der Waals surface area contributed by atoms with E-state index in [-0.39, 0.29) is 24.0 Å². The number of urea groups is 1. The molecule has 1 atom stereocenters. The molecule has 4 heteroatoms. The Morgan fingerprint density at radius 3 is 2.14 bits per heavy atom. The lowest BCUT2D eigenvalue weighted by Crippen LogP contribution is -2.36. The Bertz CT molecular complexity index is 307. The molecule has 76 valence electrons. The molecule has 14 heavy (non-hydrogen) atoms. The molecular formula is C10H14N2O2. The first-order valence-corrected chi connectivity index (χ1v) is 5.35. The third-order valence-electron chi connectivity index (χ3n) is 3.29. The standard InChI is InChI=1S/C10H14N2O2/c1-6-9(13)12(8-4-5-8)10(14)11(6)7-2-3-7/h6-8H,2-5H2,1H3. The van der Waals surface area contributed by atoms with Gasteiger partial charge in [0.2, 0.25) is 0 Å². The van der Waals surface area contributed by atoms with Crippen LogP contribution in [0.15, 0.2) is 0 Å². The van der Waals surface area contributed by atoms with Gasteiger partial charge in [-0.15, -0.1) is 0 Å². The molecular weight excluding hydrogens is 180 g/mol. The molecule has 3 amide bonds. The molecule has 0 bridgehead atoms. The fourth-order valence-corrected chi connectivity index (χ4v) is 2.20. The van der Waals surface area contributed by atoms with Crippen molar-refractivity contribution < 1.29 is 9.59 Å². The second-order valence-electron chi connectivity index (χ2n) is 4.54. The van der Waals surface area contributed by atoms with Gasteiger partial charge in [-0.2, -0.15) is 0 Å². The average Bonchev–Trinajstić information content (AvgIpc) is 2.98. The highest BCUT2D eigenvalue weighted by atomic mass is 16.2. The van der Waals surface area contributed by atoms with Crippen LogP contribution in [0, 0.1) is 0 Å². The van der Waals surface area contributed by atoms with Crippen LogP contribution in [-0.2, 0) is 4.79 Å². The highest BCUT2D eigenvalue weighted by Crippen LogP contribution is 2.38. The highest BCUT2D eigenvalue weighted by Gasteiger charge is 2.52. The normalized spacial score (nSPS) is 33.1. The van der Waals surface area contributed by atoms with Gasteiger partial charge >= 0.3 is 6.03 Å². The number of hydrogen-bond acceptors (Lipinski definition) is 2. The maximum Gasteiger partial charge on any atom is 0.327 e. The molecule has 4 nitrogen and oxygen atoms in total. The number of hydrogen-bond donors (Lipinski definition) is 0. The van der Waals surface area contributed by atoms with Crippen LogP contribution in [0.2, 0.25) is 0 Å². The van der Waals surface area contributed by atoms with E-state index in [0.717, 1.165) is 25.7 Å². The van der Waals surface area contributed by atoms with Gasteiger partial charge in [0.1, 0.15) is 6.04 Å². The van der Waals surface area contributed by atoms with Crippen LogP contribution in [0.5, 0.6) is 0 Å². The minimum Gasteiger partial charge on any atom is -0.310 e. The molecule has 2 saturated carbocycles. The van der Waals surface area contributed by atoms with Crippen LogP contribution >= 0.6 is 0 Å². The molecule has 0 aromatic carbocycles. The van der Waals surface area contributed by atoms with Gasteiger partial charge in [0, 0.05) is 12.1 Å². The van der Waals surface area contributed by atoms with E-state index in [4.69, 9.17) is 0 Å². The van der Waals surface area contributed by atoms with E-state index in [1.54, 1.807) is 4.90 Å². The summed E-state index contributed by atoms with van der Waals surface area (Å²) in [6, 6.07) is 0.328. The summed E-state index contributed by atoms with van der Waals surface area (Å²) in [4.78, 5) is 27.0. The number of amides is 3. The smallest absolute Gasteiger partial charge is 0.310 e. The molecule has 1 heterocycles. The summed E-state index contributed by atoms with van der Waals surface area (Å²) in [5.41, 5.74) is 0. The van der Waals surface area contributed by atoms with Crippen LogP contribution < -0.4 is 0 Å². The van der Waals surface area contributed by atoms with Crippen LogP contribution in [0.1, 0.15) is 32.6 Å². The minimum absolute atomic E-state index is 0.0180. The summed E-state index contributed by atoms with van der Waals surface area (Å²) in [7, 11) is 0. The van der Waals surface area contributed by atoms with Crippen molar-refractivity contribution in [3.8, 4) is 0 Å². The molecule has 1 aliphatic heterocycles. The molecule has 0 N–H and O–H groups in total. The number of nitrogens with zero attached hydrogens (tertiary/aromatic N) is 2. The SMILES string of the molecule is CC1C(=O)N(C2CC2)C(=O)N1C1CC1. The summed E-state index contributed by atoms with van der Waals surface area (Å²) in [6.07, 6.45) is 4.15. The summed E-state index contributed by atoms with van der Waals surface area (Å²) >= 11 is 0. The summed E-state index contributed by atoms with van der Waals surface area (Å²) in [5.74, 6) is 0.0180. The molecule has 3 rings (SSSR count). The summed E-state index contributed by atoms with van der Waals surface area (Å²) in [6.45, 7) is 1.85. The molecule has 3 fully saturated rings. The second kappa shape index (κ2) is 2.49. The van der Waals surface area contributed by atoms with Gasteiger partial charge in [-0.3, -0.25) is 9.69 Å². The first-order valence-electron chi connectivity index (χ1n) is 5.35. The Labute approximate surface area is 82.8 Å². The molecule has 2 aliphatic carbocycles. The van der Waals surface area contributed by atoms with Gasteiger partial charge in [0.05, 0.1) is 0 Å². The fraction of sp³-hybridized carbons (Fsp3) is 0.800. The second-order valence-corrected chi connectivity index (χ2v) is 4.54. The highest BCUT2D eigenvalue weighted by molar-refractivity contribution is 6.04. The van der Waals surface area contributed by atoms with Crippen LogP contribution in [0.4, 0.5) is 4.79 Å². The lowest BCUT2D eigenvalue weighted by molar-refractivity contribution is -0.128. The number of imide groups is 1. The van der Waals surface area contributed by atoms with E-state index < -0.39 is 0 Å². The van der Waals surface area contributed by atoms with Crippen molar-refractivity contribution >= 4 is 11.9 Å². The van der Waals surface area contributed by atoms with Gasteiger partial charge in [0.25, 0.3) is 5.91 Å². The molecule has 0 radical (unpaired) electrons. The lowest BCUT2D eigenvalue weighted by atomic mass is 10.3. The Balaban J connectivity index is 1.87. The third kappa shape index (κ3) is 0.996. The maximum atomic E-state index is 11.9. The van der Waals surface area contributed by atoms with Gasteiger partial charge in [-0.1, -0.05) is 0 Å². The minimum atomic E-state index is -0.212. The van der Waals surface area contributed by atoms with Crippen LogP contribution in [0.3, 0.4) is 0 Å². The molecule has 0 spiro atoms. The monoisotopic (exact) mass is 194 g/mol. The first kappa shape index (κ1) is 8.26. The largest absolute Gasteiger partial charge is 0.327 e. The van der Waals surface area contributed by atoms with Crippen molar-refractivity contribution in [2.45, 2.75) is 50.7 Å². The van der Waals surface area contributed by atoms with Crippen molar-refractivity contribution in [2.75, 3.05) is 0 Å². The Morgan fingerprint density at radius 1 is 1.07 bits per heavy atom. The molecule has 0 aromatic heterocycles. The van der Waals surface area contributed by atoms with Crippen molar-refractivity contribution in [3.63, 3.8) is 0 Å². The van der Waals surface area contributed by atoms with Gasteiger partial charge in [0.15, 0.2) is 0 Å². The van der Waals surface area contributed by atoms with Crippen LogP contribution in [0.25, 0.3) is 0 Å². The zero-order valence-electron chi connectivity index (χ0n) is 8.27. The third-order valence-corrected chi connectivity index (χ3v) is 3.29. The zero-order valence-corrected chi connectivity index (χ0v) is 8.27. The van der Waals surface area contributed by atoms with Crippen molar-refractivity contribution in [1.82, 2.24) is 9.80 Å². The van der Waals surface area contributed by atoms with Crippen LogP contribution in [-0.4, -0.2) is 39.9 Å². The van der Waals surface area contributed by atoms with E-state index in [1.807, 2.05) is 6.92 Å².